The maximum absolute atomic E-state index is 13.1. The summed E-state index contributed by atoms with van der Waals surface area (Å²) in [5.41, 5.74) is 0.0674. The van der Waals surface area contributed by atoms with Crippen molar-refractivity contribution >= 4 is 16.0 Å². The average Bonchev–Trinajstić information content (AvgIpc) is 2.39. The summed E-state index contributed by atoms with van der Waals surface area (Å²) in [6.45, 7) is -0.537. The summed E-state index contributed by atoms with van der Waals surface area (Å²) in [7, 11) is -4.09. The van der Waals surface area contributed by atoms with Crippen LogP contribution in [-0.2, 0) is 16.6 Å². The van der Waals surface area contributed by atoms with E-state index >= 15 is 0 Å². The second kappa shape index (κ2) is 5.24. The zero-order valence-electron chi connectivity index (χ0n) is 9.49. The van der Waals surface area contributed by atoms with Crippen molar-refractivity contribution in [3.8, 4) is 0 Å². The quantitative estimate of drug-likeness (QED) is 0.836. The van der Waals surface area contributed by atoms with Crippen molar-refractivity contribution in [3.05, 3.63) is 42.0 Å². The Kier molecular flexibility index (Phi) is 3.67. The number of nitrogens with one attached hydrogen (secondary N) is 1. The lowest BCUT2D eigenvalue weighted by atomic mass is 10.2. The SMILES string of the molecule is O=S(=O)(Nc1nccnn1)c1cc(F)ccc1CO. The van der Waals surface area contributed by atoms with Gasteiger partial charge in [-0.05, 0) is 17.7 Å². The molecular weight excluding hydrogens is 275 g/mol. The first kappa shape index (κ1) is 13.3. The zero-order chi connectivity index (χ0) is 13.9. The van der Waals surface area contributed by atoms with Crippen LogP contribution in [0, 0.1) is 5.82 Å². The van der Waals surface area contributed by atoms with Crippen molar-refractivity contribution in [2.75, 3.05) is 4.72 Å². The predicted octanol–water partition coefficient (Wildman–Crippen LogP) is 0.304. The first-order valence-electron chi connectivity index (χ1n) is 5.09. The second-order valence-corrected chi connectivity index (χ2v) is 5.13. The van der Waals surface area contributed by atoms with Crippen LogP contribution in [0.15, 0.2) is 35.5 Å². The molecule has 0 aliphatic carbocycles. The van der Waals surface area contributed by atoms with Gasteiger partial charge in [0.2, 0.25) is 0 Å². The van der Waals surface area contributed by atoms with E-state index in [2.05, 4.69) is 15.2 Å². The summed E-state index contributed by atoms with van der Waals surface area (Å²) in [6, 6.07) is 3.06. The highest BCUT2D eigenvalue weighted by Crippen LogP contribution is 2.19. The molecule has 0 aliphatic heterocycles. The normalized spacial score (nSPS) is 11.3. The van der Waals surface area contributed by atoms with E-state index in [1.807, 2.05) is 4.72 Å². The number of nitrogens with zero attached hydrogens (tertiary/aromatic N) is 3. The third-order valence-electron chi connectivity index (χ3n) is 2.20. The van der Waals surface area contributed by atoms with Crippen LogP contribution in [0.1, 0.15) is 5.56 Å². The van der Waals surface area contributed by atoms with Gasteiger partial charge < -0.3 is 5.11 Å². The Hall–Kier alpha value is -2.13. The van der Waals surface area contributed by atoms with Gasteiger partial charge in [-0.25, -0.2) is 22.5 Å². The molecule has 0 saturated heterocycles. The molecule has 100 valence electrons. The first-order valence-corrected chi connectivity index (χ1v) is 6.57. The van der Waals surface area contributed by atoms with Gasteiger partial charge in [0.25, 0.3) is 16.0 Å². The van der Waals surface area contributed by atoms with Gasteiger partial charge in [-0.15, -0.1) is 5.10 Å². The predicted molar refractivity (Wildman–Crippen MR) is 63.0 cm³/mol. The Morgan fingerprint density at radius 3 is 2.74 bits per heavy atom. The summed E-state index contributed by atoms with van der Waals surface area (Å²) >= 11 is 0. The van der Waals surface area contributed by atoms with Crippen LogP contribution >= 0.6 is 0 Å². The van der Waals surface area contributed by atoms with E-state index in [0.29, 0.717) is 0 Å². The molecule has 0 aliphatic rings. The van der Waals surface area contributed by atoms with E-state index in [0.717, 1.165) is 12.1 Å². The summed E-state index contributed by atoms with van der Waals surface area (Å²) in [4.78, 5) is 3.27. The molecular formula is C10H9FN4O3S. The second-order valence-electron chi connectivity index (χ2n) is 3.48. The molecule has 0 amide bonds. The van der Waals surface area contributed by atoms with Gasteiger partial charge in [-0.3, -0.25) is 0 Å². The third-order valence-corrected chi connectivity index (χ3v) is 3.61. The van der Waals surface area contributed by atoms with Crippen LogP contribution in [-0.4, -0.2) is 28.7 Å². The maximum atomic E-state index is 13.1. The molecule has 0 spiro atoms. The lowest BCUT2D eigenvalue weighted by molar-refractivity contribution is 0.278. The number of hydrogen-bond donors (Lipinski definition) is 2. The van der Waals surface area contributed by atoms with Crippen molar-refractivity contribution in [1.82, 2.24) is 15.2 Å². The molecule has 0 unspecified atom stereocenters. The molecule has 2 N–H and O–H groups in total. The minimum Gasteiger partial charge on any atom is -0.392 e. The van der Waals surface area contributed by atoms with Crippen LogP contribution in [0.4, 0.5) is 10.3 Å². The standard InChI is InChI=1S/C10H9FN4O3S/c11-8-2-1-7(6-16)9(5-8)19(17,18)15-10-12-3-4-13-14-10/h1-5,16H,6H2,(H,12,14,15). The Morgan fingerprint density at radius 2 is 2.11 bits per heavy atom. The Bertz CT molecular complexity index is 678. The number of hydrogen-bond acceptors (Lipinski definition) is 6. The molecule has 2 rings (SSSR count). The molecule has 0 atom stereocenters. The summed E-state index contributed by atoms with van der Waals surface area (Å²) in [6.07, 6.45) is 2.53. The number of rotatable bonds is 4. The van der Waals surface area contributed by atoms with Crippen molar-refractivity contribution < 1.29 is 17.9 Å². The largest absolute Gasteiger partial charge is 0.392 e. The number of aromatic nitrogens is 3. The van der Waals surface area contributed by atoms with Crippen LogP contribution in [0.5, 0.6) is 0 Å². The summed E-state index contributed by atoms with van der Waals surface area (Å²) in [5, 5.41) is 16.0. The van der Waals surface area contributed by atoms with Crippen molar-refractivity contribution in [3.63, 3.8) is 0 Å². The van der Waals surface area contributed by atoms with Gasteiger partial charge in [0.1, 0.15) is 5.82 Å². The smallest absolute Gasteiger partial charge is 0.264 e. The van der Waals surface area contributed by atoms with E-state index in [1.165, 1.54) is 18.5 Å². The van der Waals surface area contributed by atoms with E-state index in [4.69, 9.17) is 5.11 Å². The fraction of sp³-hybridized carbons (Fsp3) is 0.100. The maximum Gasteiger partial charge on any atom is 0.264 e. The highest BCUT2D eigenvalue weighted by atomic mass is 32.2. The monoisotopic (exact) mass is 284 g/mol. The number of sulfonamides is 1. The average molecular weight is 284 g/mol. The van der Waals surface area contributed by atoms with Gasteiger partial charge in [0.15, 0.2) is 0 Å². The van der Waals surface area contributed by atoms with Crippen molar-refractivity contribution in [2.24, 2.45) is 0 Å². The number of benzene rings is 1. The van der Waals surface area contributed by atoms with Crippen LogP contribution in [0.25, 0.3) is 0 Å². The highest BCUT2D eigenvalue weighted by Gasteiger charge is 2.20. The molecule has 9 heteroatoms. The molecule has 7 nitrogen and oxygen atoms in total. The zero-order valence-corrected chi connectivity index (χ0v) is 10.3. The molecule has 2 aromatic rings. The third kappa shape index (κ3) is 3.01. The van der Waals surface area contributed by atoms with E-state index in [9.17, 15) is 12.8 Å². The lowest BCUT2D eigenvalue weighted by Gasteiger charge is -2.09. The highest BCUT2D eigenvalue weighted by molar-refractivity contribution is 7.92. The van der Waals surface area contributed by atoms with E-state index < -0.39 is 22.4 Å². The van der Waals surface area contributed by atoms with Crippen molar-refractivity contribution in [2.45, 2.75) is 11.5 Å². The Balaban J connectivity index is 2.42. The molecule has 1 heterocycles. The van der Waals surface area contributed by atoms with Crippen LogP contribution in [0.2, 0.25) is 0 Å². The molecule has 1 aromatic heterocycles. The number of aliphatic hydroxyl groups excluding tert-OH is 1. The summed E-state index contributed by atoms with van der Waals surface area (Å²) < 4.78 is 39.3. The fourth-order valence-electron chi connectivity index (χ4n) is 1.38. The van der Waals surface area contributed by atoms with Gasteiger partial charge in [0.05, 0.1) is 23.9 Å². The number of halogens is 1. The van der Waals surface area contributed by atoms with Gasteiger partial charge in [-0.2, -0.15) is 5.10 Å². The van der Waals surface area contributed by atoms with Gasteiger partial charge in [-0.1, -0.05) is 6.07 Å². The van der Waals surface area contributed by atoms with Crippen LogP contribution in [0.3, 0.4) is 0 Å². The first-order chi connectivity index (χ1) is 9.03. The number of anilines is 1. The van der Waals surface area contributed by atoms with Crippen molar-refractivity contribution in [1.29, 1.82) is 0 Å². The molecule has 0 fully saturated rings. The molecule has 0 bridgehead atoms. The molecule has 0 radical (unpaired) electrons. The minimum absolute atomic E-state index is 0.0674. The Morgan fingerprint density at radius 1 is 1.32 bits per heavy atom. The van der Waals surface area contributed by atoms with E-state index in [-0.39, 0.29) is 16.4 Å². The van der Waals surface area contributed by atoms with Gasteiger partial charge >= 0.3 is 0 Å². The molecule has 0 saturated carbocycles. The van der Waals surface area contributed by atoms with Gasteiger partial charge in [0, 0.05) is 0 Å². The van der Waals surface area contributed by atoms with Crippen LogP contribution < -0.4 is 4.72 Å². The van der Waals surface area contributed by atoms with E-state index in [1.54, 1.807) is 0 Å². The molecule has 19 heavy (non-hydrogen) atoms. The minimum atomic E-state index is -4.09. The summed E-state index contributed by atoms with van der Waals surface area (Å²) in [5.74, 6) is -0.972. The topological polar surface area (TPSA) is 105 Å². The number of aliphatic hydroxyl groups is 1. The fourth-order valence-corrected chi connectivity index (χ4v) is 2.57. The lowest BCUT2D eigenvalue weighted by Crippen LogP contribution is -2.17. The Labute approximate surface area is 108 Å². The molecule has 1 aromatic carbocycles.